The number of hydrogen-bond donors (Lipinski definition) is 2. The highest BCUT2D eigenvalue weighted by Gasteiger charge is 2.33. The van der Waals surface area contributed by atoms with Gasteiger partial charge in [0.1, 0.15) is 12.1 Å². The molecule has 1 saturated heterocycles. The molecule has 1 heterocycles. The quantitative estimate of drug-likeness (QED) is 0.767. The Morgan fingerprint density at radius 2 is 1.75 bits per heavy atom. The first kappa shape index (κ1) is 20.0. The third-order valence-electron chi connectivity index (χ3n) is 5.03. The van der Waals surface area contributed by atoms with Gasteiger partial charge in [-0.25, -0.2) is 0 Å². The van der Waals surface area contributed by atoms with Crippen LogP contribution in [0.15, 0.2) is 60.7 Å². The van der Waals surface area contributed by atoms with Crippen molar-refractivity contribution < 1.29 is 14.3 Å². The van der Waals surface area contributed by atoms with E-state index >= 15 is 0 Å². The van der Waals surface area contributed by atoms with Crippen molar-refractivity contribution in [3.05, 3.63) is 66.2 Å². The van der Waals surface area contributed by atoms with E-state index in [-0.39, 0.29) is 17.9 Å². The van der Waals surface area contributed by atoms with Crippen LogP contribution in [0.2, 0.25) is 0 Å². The number of ether oxygens (including phenoxy) is 1. The minimum Gasteiger partial charge on any atom is -0.364 e. The van der Waals surface area contributed by atoms with Gasteiger partial charge < -0.3 is 20.7 Å². The van der Waals surface area contributed by atoms with Gasteiger partial charge in [0.25, 0.3) is 0 Å². The van der Waals surface area contributed by atoms with Crippen LogP contribution in [0, 0.1) is 0 Å². The first-order chi connectivity index (χ1) is 13.6. The minimum absolute atomic E-state index is 0.0917. The summed E-state index contributed by atoms with van der Waals surface area (Å²) in [6.45, 7) is 0.396. The Labute approximate surface area is 165 Å². The van der Waals surface area contributed by atoms with E-state index in [9.17, 15) is 9.59 Å². The molecule has 28 heavy (non-hydrogen) atoms. The standard InChI is InChI=1S/C22H27N3O3/c1-25(17-10-6-3-7-11-17)22(27)19(14-16-8-4-2-5-9-16)24-21(26)20-13-12-18(15-23)28-20/h2-11,18-20H,12-15,23H2,1H3,(H,24,26)/t18-,19+,20+/m1/s1. The summed E-state index contributed by atoms with van der Waals surface area (Å²) in [5.41, 5.74) is 7.39. The molecule has 0 spiro atoms. The lowest BCUT2D eigenvalue weighted by Crippen LogP contribution is -2.51. The average Bonchev–Trinajstić information content (AvgIpc) is 3.23. The Balaban J connectivity index is 1.75. The van der Waals surface area contributed by atoms with E-state index in [1.165, 1.54) is 0 Å². The number of carbonyl (C=O) groups is 2. The molecule has 0 unspecified atom stereocenters. The monoisotopic (exact) mass is 381 g/mol. The summed E-state index contributed by atoms with van der Waals surface area (Å²) >= 11 is 0. The number of nitrogens with zero attached hydrogens (tertiary/aromatic N) is 1. The topological polar surface area (TPSA) is 84.7 Å². The van der Waals surface area contributed by atoms with Crippen molar-refractivity contribution in [2.45, 2.75) is 37.5 Å². The Morgan fingerprint density at radius 3 is 2.36 bits per heavy atom. The first-order valence-electron chi connectivity index (χ1n) is 9.61. The van der Waals surface area contributed by atoms with E-state index in [0.29, 0.717) is 19.4 Å². The molecule has 6 nitrogen and oxygen atoms in total. The zero-order chi connectivity index (χ0) is 19.9. The van der Waals surface area contributed by atoms with Gasteiger partial charge in [-0.2, -0.15) is 0 Å². The SMILES string of the molecule is CN(C(=O)[C@H](Cc1ccccc1)NC(=O)[C@@H]1CC[C@H](CN)O1)c1ccccc1. The van der Waals surface area contributed by atoms with E-state index in [1.54, 1.807) is 11.9 Å². The van der Waals surface area contributed by atoms with Crippen molar-refractivity contribution in [2.24, 2.45) is 5.73 Å². The molecule has 3 N–H and O–H groups in total. The van der Waals surface area contributed by atoms with Crippen LogP contribution < -0.4 is 16.0 Å². The van der Waals surface area contributed by atoms with Crippen LogP contribution in [0.1, 0.15) is 18.4 Å². The number of amides is 2. The Kier molecular flexibility index (Phi) is 6.79. The molecule has 2 aromatic rings. The number of para-hydroxylation sites is 1. The fraction of sp³-hybridized carbons (Fsp3) is 0.364. The van der Waals surface area contributed by atoms with Gasteiger partial charge in [0.05, 0.1) is 6.10 Å². The minimum atomic E-state index is -0.680. The van der Waals surface area contributed by atoms with Crippen LogP contribution in [0.5, 0.6) is 0 Å². The van der Waals surface area contributed by atoms with Gasteiger partial charge in [0, 0.05) is 25.7 Å². The number of likely N-dealkylation sites (N-methyl/N-ethyl adjacent to an activating group) is 1. The number of carbonyl (C=O) groups excluding carboxylic acids is 2. The predicted octanol–water partition coefficient (Wildman–Crippen LogP) is 1.88. The van der Waals surface area contributed by atoms with Crippen LogP contribution in [-0.4, -0.2) is 43.7 Å². The fourth-order valence-corrected chi connectivity index (χ4v) is 3.40. The van der Waals surface area contributed by atoms with Crippen molar-refractivity contribution >= 4 is 17.5 Å². The third kappa shape index (κ3) is 4.97. The highest BCUT2D eigenvalue weighted by atomic mass is 16.5. The lowest BCUT2D eigenvalue weighted by molar-refractivity contribution is -0.135. The maximum atomic E-state index is 13.2. The summed E-state index contributed by atoms with van der Waals surface area (Å²) in [7, 11) is 1.72. The zero-order valence-corrected chi connectivity index (χ0v) is 16.1. The molecule has 0 bridgehead atoms. The van der Waals surface area contributed by atoms with E-state index in [2.05, 4.69) is 5.32 Å². The molecule has 3 atom stereocenters. The summed E-state index contributed by atoms with van der Waals surface area (Å²) in [6, 6.07) is 18.4. The summed E-state index contributed by atoms with van der Waals surface area (Å²) in [5, 5.41) is 2.91. The molecule has 0 saturated carbocycles. The maximum Gasteiger partial charge on any atom is 0.249 e. The Hall–Kier alpha value is -2.70. The van der Waals surface area contributed by atoms with Gasteiger partial charge in [-0.3, -0.25) is 9.59 Å². The van der Waals surface area contributed by atoms with E-state index in [1.807, 2.05) is 60.7 Å². The summed E-state index contributed by atoms with van der Waals surface area (Å²) in [6.07, 6.45) is 1.15. The normalized spacial score (nSPS) is 19.8. The largest absolute Gasteiger partial charge is 0.364 e. The second-order valence-electron chi connectivity index (χ2n) is 7.04. The van der Waals surface area contributed by atoms with E-state index in [0.717, 1.165) is 17.7 Å². The molecule has 148 valence electrons. The highest BCUT2D eigenvalue weighted by molar-refractivity contribution is 5.99. The van der Waals surface area contributed by atoms with Gasteiger partial charge in [0.2, 0.25) is 11.8 Å². The second kappa shape index (κ2) is 9.48. The van der Waals surface area contributed by atoms with Crippen LogP contribution in [-0.2, 0) is 20.7 Å². The van der Waals surface area contributed by atoms with Crippen LogP contribution in [0.25, 0.3) is 0 Å². The van der Waals surface area contributed by atoms with Gasteiger partial charge >= 0.3 is 0 Å². The molecule has 0 aromatic heterocycles. The van der Waals surface area contributed by atoms with Crippen LogP contribution >= 0.6 is 0 Å². The lowest BCUT2D eigenvalue weighted by Gasteiger charge is -2.26. The molecule has 3 rings (SSSR count). The smallest absolute Gasteiger partial charge is 0.249 e. The summed E-state index contributed by atoms with van der Waals surface area (Å²) in [5.74, 6) is -0.427. The maximum absolute atomic E-state index is 13.2. The highest BCUT2D eigenvalue weighted by Crippen LogP contribution is 2.20. The van der Waals surface area contributed by atoms with Crippen LogP contribution in [0.3, 0.4) is 0 Å². The predicted molar refractivity (Wildman–Crippen MR) is 109 cm³/mol. The number of rotatable bonds is 7. The number of hydrogen-bond acceptors (Lipinski definition) is 4. The molecule has 0 radical (unpaired) electrons. The number of nitrogens with two attached hydrogens (primary N) is 1. The molecule has 0 aliphatic carbocycles. The van der Waals surface area contributed by atoms with Gasteiger partial charge in [0.15, 0.2) is 0 Å². The number of nitrogens with one attached hydrogen (secondary N) is 1. The molecular formula is C22H27N3O3. The molecule has 1 aliphatic heterocycles. The summed E-state index contributed by atoms with van der Waals surface area (Å²) < 4.78 is 5.69. The van der Waals surface area contributed by atoms with Gasteiger partial charge in [-0.05, 0) is 30.5 Å². The zero-order valence-electron chi connectivity index (χ0n) is 16.1. The van der Waals surface area contributed by atoms with Crippen molar-refractivity contribution in [2.75, 3.05) is 18.5 Å². The average molecular weight is 381 g/mol. The lowest BCUT2D eigenvalue weighted by atomic mass is 10.0. The van der Waals surface area contributed by atoms with Crippen molar-refractivity contribution in [1.29, 1.82) is 0 Å². The molecule has 1 fully saturated rings. The summed E-state index contributed by atoms with van der Waals surface area (Å²) in [4.78, 5) is 27.5. The van der Waals surface area contributed by atoms with E-state index in [4.69, 9.17) is 10.5 Å². The molecule has 2 aromatic carbocycles. The fourth-order valence-electron chi connectivity index (χ4n) is 3.40. The van der Waals surface area contributed by atoms with Gasteiger partial charge in [-0.1, -0.05) is 48.5 Å². The van der Waals surface area contributed by atoms with Crippen LogP contribution in [0.4, 0.5) is 5.69 Å². The Bertz CT molecular complexity index is 782. The second-order valence-corrected chi connectivity index (χ2v) is 7.04. The molecule has 2 amide bonds. The molecule has 6 heteroatoms. The Morgan fingerprint density at radius 1 is 1.11 bits per heavy atom. The molecular weight excluding hydrogens is 354 g/mol. The number of benzene rings is 2. The van der Waals surface area contributed by atoms with Crippen molar-refractivity contribution in [3.8, 4) is 0 Å². The first-order valence-corrected chi connectivity index (χ1v) is 9.61. The van der Waals surface area contributed by atoms with Gasteiger partial charge in [-0.15, -0.1) is 0 Å². The van der Waals surface area contributed by atoms with Crippen molar-refractivity contribution in [3.63, 3.8) is 0 Å². The number of anilines is 1. The van der Waals surface area contributed by atoms with Crippen molar-refractivity contribution in [1.82, 2.24) is 5.32 Å². The third-order valence-corrected chi connectivity index (χ3v) is 5.03. The van der Waals surface area contributed by atoms with E-state index < -0.39 is 12.1 Å². The molecule has 1 aliphatic rings.